The van der Waals surface area contributed by atoms with Crippen molar-refractivity contribution in [3.63, 3.8) is 0 Å². The van der Waals surface area contributed by atoms with E-state index in [2.05, 4.69) is 258 Å². The highest BCUT2D eigenvalue weighted by Gasteiger charge is 2.43. The van der Waals surface area contributed by atoms with Gasteiger partial charge >= 0.3 is 0 Å². The van der Waals surface area contributed by atoms with Gasteiger partial charge in [-0.05, 0) is 211 Å². The molecule has 0 saturated carbocycles. The molecule has 0 saturated heterocycles. The molecule has 0 atom stereocenters. The maximum absolute atomic E-state index is 15.3. The van der Waals surface area contributed by atoms with Crippen LogP contribution in [0.3, 0.4) is 0 Å². The number of fused-ring (bicyclic) bond motifs is 7. The minimum absolute atomic E-state index is 0.288. The predicted molar refractivity (Wildman–Crippen MR) is 340 cm³/mol. The van der Waals surface area contributed by atoms with Gasteiger partial charge in [0.05, 0.1) is 11.4 Å². The van der Waals surface area contributed by atoms with Crippen LogP contribution in [-0.2, 0) is 10.8 Å². The average Bonchev–Trinajstić information content (AvgIpc) is 1.70. The monoisotopic (exact) mass is 1060 g/mol. The van der Waals surface area contributed by atoms with Crippen LogP contribution in [0.1, 0.15) is 61.1 Å². The second kappa shape index (κ2) is 19.6. The summed E-state index contributed by atoms with van der Waals surface area (Å²) in [5.41, 5.74) is 25.6. The van der Waals surface area contributed by atoms with Crippen molar-refractivity contribution in [2.45, 2.75) is 52.4 Å². The van der Waals surface area contributed by atoms with Gasteiger partial charge in [-0.25, -0.2) is 8.78 Å². The average molecular weight is 1060 g/mol. The summed E-state index contributed by atoms with van der Waals surface area (Å²) >= 11 is 0. The molecule has 12 aromatic rings. The van der Waals surface area contributed by atoms with Crippen molar-refractivity contribution in [2.24, 2.45) is 0 Å². The number of aryl methyl sites for hydroxylation is 2. The van der Waals surface area contributed by atoms with E-state index >= 15 is 8.78 Å². The smallest absolute Gasteiger partial charge is 0.123 e. The van der Waals surface area contributed by atoms with Crippen LogP contribution in [0.2, 0.25) is 0 Å². The first kappa shape index (κ1) is 50.6. The SMILES string of the molecule is Cc1cccc(N(c2ccc3c(c2)C(C)(C)c2cc4c(-c5ccc(F)cc5)c5c(cc4c(-c4ccc(F)cc4)c2-3)C(C)(C)c2cc(N(c3cccc(C)c3)c3ccccc3-c3ccccc3)ccc2-5)c2ccccc2-c2ccccc2)c1. The van der Waals surface area contributed by atoms with Crippen LogP contribution in [0, 0.1) is 25.5 Å². The van der Waals surface area contributed by atoms with Crippen LogP contribution in [0.5, 0.6) is 0 Å². The molecule has 12 aromatic carbocycles. The Labute approximate surface area is 479 Å². The van der Waals surface area contributed by atoms with Gasteiger partial charge in [-0.2, -0.15) is 0 Å². The Bertz CT molecular complexity index is 4190. The van der Waals surface area contributed by atoms with E-state index < -0.39 is 10.8 Å². The van der Waals surface area contributed by atoms with Crippen LogP contribution >= 0.6 is 0 Å². The number of hydrogen-bond donors (Lipinski definition) is 0. The zero-order valence-corrected chi connectivity index (χ0v) is 46.9. The summed E-state index contributed by atoms with van der Waals surface area (Å²) < 4.78 is 30.5. The normalized spacial score (nSPS) is 13.3. The number of rotatable bonds is 10. The summed E-state index contributed by atoms with van der Waals surface area (Å²) in [6.45, 7) is 13.7. The molecule has 4 heteroatoms. The molecule has 0 N–H and O–H groups in total. The van der Waals surface area contributed by atoms with Gasteiger partial charge in [0, 0.05) is 44.7 Å². The van der Waals surface area contributed by atoms with Gasteiger partial charge in [0.1, 0.15) is 11.6 Å². The molecule has 14 rings (SSSR count). The second-order valence-electron chi connectivity index (χ2n) is 23.3. The zero-order chi connectivity index (χ0) is 56.0. The van der Waals surface area contributed by atoms with Crippen molar-refractivity contribution in [3.05, 3.63) is 300 Å². The molecular weight excluding hydrogens is 1000 g/mol. The standard InChI is InChI=1S/C78H60F2N2/c1-49-19-17-25-57(43-49)81(71-29-15-13-27-61(71)51-21-9-7-10-22-51)59-39-41-63-67(45-59)77(3,4)69-47-65-66(73(75(63)69)53-31-35-55(79)36-32-53)48-70-76(74(65)54-33-37-56(80)38-34-54)64-42-40-60(46-68(64)78(70,5)6)82(58-26-18-20-50(2)44-58)72-30-16-14-28-62(72)52-23-11-8-12-24-52/h7-48H,1-6H3. The molecule has 2 aliphatic rings. The Balaban J connectivity index is 1.01. The summed E-state index contributed by atoms with van der Waals surface area (Å²) in [7, 11) is 0. The molecular formula is C78H60F2N2. The van der Waals surface area contributed by atoms with E-state index in [0.717, 1.165) is 112 Å². The first-order valence-electron chi connectivity index (χ1n) is 28.4. The van der Waals surface area contributed by atoms with E-state index in [1.165, 1.54) is 33.4 Å². The zero-order valence-electron chi connectivity index (χ0n) is 46.9. The molecule has 0 bridgehead atoms. The maximum atomic E-state index is 15.3. The van der Waals surface area contributed by atoms with Gasteiger partial charge in [-0.1, -0.05) is 185 Å². The van der Waals surface area contributed by atoms with E-state index in [4.69, 9.17) is 0 Å². The van der Waals surface area contributed by atoms with Gasteiger partial charge in [0.15, 0.2) is 0 Å². The highest BCUT2D eigenvalue weighted by Crippen LogP contribution is 2.61. The Morgan fingerprint density at radius 1 is 0.280 bits per heavy atom. The minimum Gasteiger partial charge on any atom is -0.310 e. The van der Waals surface area contributed by atoms with E-state index in [-0.39, 0.29) is 11.6 Å². The molecule has 0 spiro atoms. The van der Waals surface area contributed by atoms with Crippen LogP contribution < -0.4 is 9.80 Å². The largest absolute Gasteiger partial charge is 0.310 e. The molecule has 82 heavy (non-hydrogen) atoms. The maximum Gasteiger partial charge on any atom is 0.123 e. The summed E-state index contributed by atoms with van der Waals surface area (Å²) in [6, 6.07) is 89.0. The van der Waals surface area contributed by atoms with Gasteiger partial charge in [-0.15, -0.1) is 0 Å². The van der Waals surface area contributed by atoms with E-state index in [1.54, 1.807) is 24.3 Å². The lowest BCUT2D eigenvalue weighted by atomic mass is 9.76. The molecule has 0 amide bonds. The van der Waals surface area contributed by atoms with E-state index in [1.807, 2.05) is 24.3 Å². The second-order valence-corrected chi connectivity index (χ2v) is 23.3. The third kappa shape index (κ3) is 8.27. The van der Waals surface area contributed by atoms with Crippen molar-refractivity contribution in [2.75, 3.05) is 9.80 Å². The molecule has 0 aliphatic heterocycles. The first-order chi connectivity index (χ1) is 39.8. The fourth-order valence-electron chi connectivity index (χ4n) is 13.5. The first-order valence-corrected chi connectivity index (χ1v) is 28.4. The van der Waals surface area contributed by atoms with Crippen LogP contribution in [0.15, 0.2) is 255 Å². The van der Waals surface area contributed by atoms with Crippen molar-refractivity contribution in [1.29, 1.82) is 0 Å². The van der Waals surface area contributed by atoms with Gasteiger partial charge in [0.2, 0.25) is 0 Å². The van der Waals surface area contributed by atoms with Crippen molar-refractivity contribution in [3.8, 4) is 66.8 Å². The third-order valence-electron chi connectivity index (χ3n) is 17.4. The molecule has 396 valence electrons. The van der Waals surface area contributed by atoms with Crippen LogP contribution in [0.4, 0.5) is 42.9 Å². The predicted octanol–water partition coefficient (Wildman–Crippen LogP) is 22.0. The highest BCUT2D eigenvalue weighted by atomic mass is 19.1. The molecule has 2 aliphatic carbocycles. The van der Waals surface area contributed by atoms with Crippen LogP contribution in [0.25, 0.3) is 77.5 Å². The lowest BCUT2D eigenvalue weighted by molar-refractivity contribution is 0.627. The van der Waals surface area contributed by atoms with E-state index in [0.29, 0.717) is 0 Å². The molecule has 0 unspecified atom stereocenters. The fourth-order valence-corrected chi connectivity index (χ4v) is 13.5. The number of anilines is 6. The molecule has 0 radical (unpaired) electrons. The topological polar surface area (TPSA) is 6.48 Å². The fraction of sp³-hybridized carbons (Fsp3) is 0.103. The van der Waals surface area contributed by atoms with Gasteiger partial charge in [-0.3, -0.25) is 0 Å². The van der Waals surface area contributed by atoms with Crippen LogP contribution in [-0.4, -0.2) is 0 Å². The minimum atomic E-state index is -0.499. The number of hydrogen-bond acceptors (Lipinski definition) is 2. The molecule has 0 heterocycles. The van der Waals surface area contributed by atoms with Gasteiger partial charge in [0.25, 0.3) is 0 Å². The molecule has 0 aromatic heterocycles. The summed E-state index contributed by atoms with van der Waals surface area (Å²) in [4.78, 5) is 4.80. The summed E-state index contributed by atoms with van der Waals surface area (Å²) in [5, 5.41) is 2.13. The van der Waals surface area contributed by atoms with Crippen molar-refractivity contribution >= 4 is 44.9 Å². The number of benzene rings is 12. The van der Waals surface area contributed by atoms with E-state index in [9.17, 15) is 0 Å². The van der Waals surface area contributed by atoms with Gasteiger partial charge < -0.3 is 9.80 Å². The third-order valence-corrected chi connectivity index (χ3v) is 17.4. The summed E-state index contributed by atoms with van der Waals surface area (Å²) in [6.07, 6.45) is 0. The lowest BCUT2D eigenvalue weighted by Gasteiger charge is -2.30. The number of para-hydroxylation sites is 2. The quantitative estimate of drug-likeness (QED) is 0.135. The molecule has 0 fully saturated rings. The molecule has 2 nitrogen and oxygen atoms in total. The number of nitrogens with zero attached hydrogens (tertiary/aromatic N) is 2. The lowest BCUT2D eigenvalue weighted by Crippen LogP contribution is -2.17. The summed E-state index contributed by atoms with van der Waals surface area (Å²) in [5.74, 6) is -0.575. The number of halogens is 2. The Morgan fingerprint density at radius 3 is 1.04 bits per heavy atom. The Hall–Kier alpha value is -9.64. The highest BCUT2D eigenvalue weighted by molar-refractivity contribution is 6.17. The van der Waals surface area contributed by atoms with Crippen molar-refractivity contribution in [1.82, 2.24) is 0 Å². The Kier molecular flexibility index (Phi) is 12.1. The van der Waals surface area contributed by atoms with Crippen molar-refractivity contribution < 1.29 is 8.78 Å². The Morgan fingerprint density at radius 2 is 0.646 bits per heavy atom.